The average Bonchev–Trinajstić information content (AvgIpc) is 1.63. The van der Waals surface area contributed by atoms with E-state index in [1.807, 2.05) is 0 Å². The van der Waals surface area contributed by atoms with Gasteiger partial charge in [-0.2, -0.15) is 10.1 Å². The van der Waals surface area contributed by atoms with E-state index in [1.165, 1.54) is 37.7 Å². The number of hydrogen-bond acceptors (Lipinski definition) is 24. The molecular weight excluding hydrogens is 1440 g/mol. The van der Waals surface area contributed by atoms with E-state index in [2.05, 4.69) is 73.6 Å². The summed E-state index contributed by atoms with van der Waals surface area (Å²) in [5.41, 5.74) is 30.9. The van der Waals surface area contributed by atoms with E-state index >= 15 is 4.39 Å². The molecule has 5 aromatic rings. The average molecular weight is 1540 g/mol. The Kier molecular flexibility index (Phi) is 33.7. The Bertz CT molecular complexity index is 4030. The zero-order valence-corrected chi connectivity index (χ0v) is 63.3. The highest BCUT2D eigenvalue weighted by Crippen LogP contribution is 2.35. The minimum atomic E-state index is -1.86. The number of carbonyl (C=O) groups excluding carboxylic acids is 12. The molecule has 37 nitrogen and oxygen atoms in total. The minimum Gasteiger partial charge on any atom is -0.488 e. The Labute approximate surface area is 635 Å². The molecule has 6 rings (SSSR count). The Morgan fingerprint density at radius 2 is 1.24 bits per heavy atom. The van der Waals surface area contributed by atoms with Crippen LogP contribution in [0.25, 0.3) is 16.4 Å². The number of aryl methyl sites for hydroxylation is 2. The Morgan fingerprint density at radius 3 is 1.82 bits per heavy atom. The Morgan fingerprint density at radius 1 is 0.673 bits per heavy atom. The van der Waals surface area contributed by atoms with Gasteiger partial charge in [0.1, 0.15) is 90.7 Å². The van der Waals surface area contributed by atoms with Crippen LogP contribution in [0.3, 0.4) is 0 Å². The van der Waals surface area contributed by atoms with Gasteiger partial charge in [0.05, 0.1) is 23.8 Å². The number of amides is 11. The number of fused-ring (bicyclic) bond motifs is 2. The summed E-state index contributed by atoms with van der Waals surface area (Å²) in [6.45, 7) is 12.0. The van der Waals surface area contributed by atoms with E-state index in [0.717, 1.165) is 12.6 Å². The summed E-state index contributed by atoms with van der Waals surface area (Å²) in [4.78, 5) is 178. The van der Waals surface area contributed by atoms with Gasteiger partial charge in [0.25, 0.3) is 0 Å². The molecule has 13 atom stereocenters. The summed E-state index contributed by atoms with van der Waals surface area (Å²) in [6.07, 6.45) is -3.86. The maximum atomic E-state index is 15.5. The first-order chi connectivity index (χ1) is 52.1. The van der Waals surface area contributed by atoms with E-state index in [9.17, 15) is 67.7 Å². The van der Waals surface area contributed by atoms with Crippen LogP contribution in [0.15, 0.2) is 61.1 Å². The molecule has 0 aliphatic carbocycles. The van der Waals surface area contributed by atoms with Crippen molar-refractivity contribution < 1.29 is 86.3 Å². The maximum Gasteiger partial charge on any atom is 0.312 e. The highest BCUT2D eigenvalue weighted by atomic mass is 19.1. The summed E-state index contributed by atoms with van der Waals surface area (Å²) in [5, 5.41) is 54.3. The highest BCUT2D eigenvalue weighted by Gasteiger charge is 2.40. The number of hydrogen-bond donors (Lipinski definition) is 19. The number of aromatic nitrogens is 4. The highest BCUT2D eigenvalue weighted by molar-refractivity contribution is 6.00. The van der Waals surface area contributed by atoms with E-state index in [-0.39, 0.29) is 102 Å². The molecule has 2 aromatic carbocycles. The van der Waals surface area contributed by atoms with Gasteiger partial charge in [0.2, 0.25) is 70.9 Å². The third-order valence-corrected chi connectivity index (χ3v) is 17.9. The molecule has 4 heterocycles. The van der Waals surface area contributed by atoms with Crippen molar-refractivity contribution >= 4 is 87.4 Å². The minimum absolute atomic E-state index is 0.0165. The van der Waals surface area contributed by atoms with Crippen LogP contribution in [-0.4, -0.2) is 225 Å². The molecule has 24 N–H and O–H groups in total. The number of H-pyrrole nitrogens is 1. The predicted molar refractivity (Wildman–Crippen MR) is 398 cm³/mol. The van der Waals surface area contributed by atoms with E-state index < -0.39 is 180 Å². The normalized spacial score (nSPS) is 20.5. The second-order valence-corrected chi connectivity index (χ2v) is 28.2. The van der Waals surface area contributed by atoms with Gasteiger partial charge in [-0.1, -0.05) is 44.2 Å². The lowest BCUT2D eigenvalue weighted by molar-refractivity contribution is -0.162. The largest absolute Gasteiger partial charge is 0.488 e. The first kappa shape index (κ1) is 88.4. The number of esters is 1. The van der Waals surface area contributed by atoms with E-state index in [4.69, 9.17) is 42.9 Å². The van der Waals surface area contributed by atoms with Crippen molar-refractivity contribution in [3.63, 3.8) is 0 Å². The van der Waals surface area contributed by atoms with Crippen molar-refractivity contribution in [2.75, 3.05) is 45.9 Å². The maximum absolute atomic E-state index is 15.5. The lowest BCUT2D eigenvalue weighted by atomic mass is 9.89. The SMILES string of the molecule is Cc1cc2c(F)c(Oc3ncnn4cc(OC[C@@H](C)OC(=O)C(C)(C)CC(=O)N[C@@H](CCN)C(=O)N[C@H](C(=O)N[C@@H](CCN)C(=O)N[C@@H]5CCNC(=O)[C@@H]([C@H](C)O)NC(=O)[C@H](CCN)NC(=O)[C@H](CCN)NC(=O)[C@H](CC(C)C)NC(=O)[C@H](Cc6ccccc6)NC(=O)[C@H](CCN)NC5=O)[C@H](C)O)c(C)c34)ccc2[nH]1. The van der Waals surface area contributed by atoms with Gasteiger partial charge in [-0.25, -0.2) is 8.91 Å². The smallest absolute Gasteiger partial charge is 0.312 e. The summed E-state index contributed by atoms with van der Waals surface area (Å²) >= 11 is 0. The number of carbonyl (C=O) groups is 12. The van der Waals surface area contributed by atoms with Crippen molar-refractivity contribution in [3.8, 4) is 17.4 Å². The van der Waals surface area contributed by atoms with Crippen LogP contribution in [0.5, 0.6) is 17.4 Å². The number of benzene rings is 2. The fourth-order valence-electron chi connectivity index (χ4n) is 12.0. The standard InChI is InChI=1S/C72H107FN20O17/c1-36(2)29-51-66(103)86-46(18-24-75)60(97)85-49(21-27-78)65(102)91-57(40(6)94)68(105)79-28-22-50(63(100)84-47(19-25-76)62(99)90-52(67(104)89-51)31-42-13-11-10-12-14-42)87-61(98)48(20-26-77)88-69(106)58(41(7)95)92-64(101)45(17-23-74)83-55(96)32-72(8,9)71(107)109-38(4)34-108-54-33-93-59(39(54)5)70(80-35-81-93)110-53-16-15-44-43(56(53)73)30-37(3)82-44/h10-16,30,33,35-36,38,40-41,45-52,57-58,82,94-95H,17-29,31-32,34,74-78H2,1-9H3,(H,79,105)(H,83,96)(H,84,100)(H,85,97)(H,86,103)(H,87,98)(H,88,106)(H,89,104)(H,90,99)(H,91,102)(H,92,101)/t38-,40+,41+,45+,46+,47+,48+,49+,50-,51+,52+,57-,58+/m1/s1. The number of ether oxygens (including phenoxy) is 3. The summed E-state index contributed by atoms with van der Waals surface area (Å²) < 4.78 is 34.7. The zero-order valence-electron chi connectivity index (χ0n) is 63.3. The molecule has 0 radical (unpaired) electrons. The van der Waals surface area contributed by atoms with Crippen molar-refractivity contribution in [3.05, 3.63) is 83.7 Å². The van der Waals surface area contributed by atoms with Crippen LogP contribution in [0, 0.1) is 31.0 Å². The Balaban J connectivity index is 1.17. The lowest BCUT2D eigenvalue weighted by Gasteiger charge is -2.29. The first-order valence-corrected chi connectivity index (χ1v) is 36.5. The van der Waals surface area contributed by atoms with Crippen LogP contribution in [0.4, 0.5) is 4.39 Å². The molecule has 1 saturated heterocycles. The quantitative estimate of drug-likeness (QED) is 0.0187. The second kappa shape index (κ2) is 41.9. The monoisotopic (exact) mass is 1540 g/mol. The van der Waals surface area contributed by atoms with Crippen LogP contribution >= 0.6 is 0 Å². The second-order valence-electron chi connectivity index (χ2n) is 28.2. The third-order valence-electron chi connectivity index (χ3n) is 17.9. The number of nitrogens with two attached hydrogens (primary N) is 5. The van der Waals surface area contributed by atoms with Gasteiger partial charge in [0, 0.05) is 41.5 Å². The molecule has 3 aromatic heterocycles. The van der Waals surface area contributed by atoms with Crippen molar-refractivity contribution in [1.82, 2.24) is 78.1 Å². The molecular formula is C72H107FN20O17. The predicted octanol–water partition coefficient (Wildman–Crippen LogP) is -3.35. The van der Waals surface area contributed by atoms with Crippen molar-refractivity contribution in [2.24, 2.45) is 40.0 Å². The van der Waals surface area contributed by atoms with Crippen LogP contribution in [0.1, 0.15) is 117 Å². The fourth-order valence-corrected chi connectivity index (χ4v) is 12.0. The number of halogens is 1. The van der Waals surface area contributed by atoms with Crippen LogP contribution < -0.4 is 96.6 Å². The molecule has 0 bridgehead atoms. The lowest BCUT2D eigenvalue weighted by Crippen LogP contribution is -2.62. The summed E-state index contributed by atoms with van der Waals surface area (Å²) in [6, 6.07) is -2.38. The topological polar surface area (TPSA) is 581 Å². The Hall–Kier alpha value is -10.5. The number of aromatic amines is 1. The molecule has 110 heavy (non-hydrogen) atoms. The molecule has 1 fully saturated rings. The van der Waals surface area contributed by atoms with Gasteiger partial charge in [-0.3, -0.25) is 57.5 Å². The molecule has 604 valence electrons. The number of aliphatic hydroxyl groups is 2. The molecule has 0 spiro atoms. The van der Waals surface area contributed by atoms with Gasteiger partial charge in [-0.15, -0.1) is 0 Å². The van der Waals surface area contributed by atoms with Crippen LogP contribution in [0.2, 0.25) is 0 Å². The third kappa shape index (κ3) is 25.3. The zero-order chi connectivity index (χ0) is 81.3. The number of aliphatic hydroxyl groups excluding tert-OH is 2. The van der Waals surface area contributed by atoms with Crippen molar-refractivity contribution in [2.45, 2.75) is 199 Å². The van der Waals surface area contributed by atoms with Gasteiger partial charge in [-0.05, 0) is 156 Å². The van der Waals surface area contributed by atoms with E-state index in [1.54, 1.807) is 83.3 Å². The van der Waals surface area contributed by atoms with Gasteiger partial charge >= 0.3 is 5.97 Å². The van der Waals surface area contributed by atoms with Crippen LogP contribution in [-0.2, 0) is 68.7 Å². The van der Waals surface area contributed by atoms with Gasteiger partial charge < -0.3 is 117 Å². The number of nitrogens with zero attached hydrogens (tertiary/aromatic N) is 3. The number of rotatable bonds is 32. The molecule has 1 aliphatic heterocycles. The van der Waals surface area contributed by atoms with Crippen molar-refractivity contribution in [1.29, 1.82) is 0 Å². The molecule has 0 unspecified atom stereocenters. The molecule has 0 saturated carbocycles. The van der Waals surface area contributed by atoms with E-state index in [0.29, 0.717) is 33.3 Å². The fraction of sp³-hybridized carbons (Fsp3) is 0.556. The summed E-state index contributed by atoms with van der Waals surface area (Å²) in [5.74, 6) is -12.1. The molecule has 1 aliphatic rings. The summed E-state index contributed by atoms with van der Waals surface area (Å²) in [7, 11) is 0. The molecule has 11 amide bonds. The number of nitrogens with one attached hydrogen (secondary N) is 12. The first-order valence-electron chi connectivity index (χ1n) is 36.5. The molecule has 38 heteroatoms. The van der Waals surface area contributed by atoms with Gasteiger partial charge in [0.15, 0.2) is 11.6 Å².